The standard InChI is InChI=1S/C21H35N3O/c1-2-3-4-5-6-7-8-9-10-11-12-18-13-14-20-19(17-18)24-21(25-20)23-16-15-22/h13-14,17H,2-12,15-16,22H2,1H3,(H,23,24). The molecule has 1 aromatic carbocycles. The maximum absolute atomic E-state index is 5.65. The number of nitrogens with two attached hydrogens (primary N) is 1. The minimum atomic E-state index is 0.566. The molecule has 4 nitrogen and oxygen atoms in total. The number of rotatable bonds is 14. The molecule has 0 spiro atoms. The van der Waals surface area contributed by atoms with Gasteiger partial charge in [-0.05, 0) is 30.5 Å². The lowest BCUT2D eigenvalue weighted by molar-refractivity contribution is 0.556. The van der Waals surface area contributed by atoms with Crippen LogP contribution in [0, 0.1) is 0 Å². The van der Waals surface area contributed by atoms with Crippen molar-refractivity contribution < 1.29 is 4.42 Å². The minimum absolute atomic E-state index is 0.566. The first-order chi connectivity index (χ1) is 12.3. The number of hydrogen-bond acceptors (Lipinski definition) is 4. The minimum Gasteiger partial charge on any atom is -0.424 e. The molecule has 0 unspecified atom stereocenters. The topological polar surface area (TPSA) is 64.1 Å². The third kappa shape index (κ3) is 7.47. The van der Waals surface area contributed by atoms with Gasteiger partial charge in [0.05, 0.1) is 0 Å². The zero-order valence-electron chi connectivity index (χ0n) is 15.9. The van der Waals surface area contributed by atoms with Crippen LogP contribution in [0.4, 0.5) is 6.01 Å². The van der Waals surface area contributed by atoms with Crippen LogP contribution in [0.2, 0.25) is 0 Å². The van der Waals surface area contributed by atoms with E-state index in [0.29, 0.717) is 19.1 Å². The van der Waals surface area contributed by atoms with E-state index in [2.05, 4.69) is 29.4 Å². The molecular formula is C21H35N3O. The Morgan fingerprint density at radius 3 is 2.32 bits per heavy atom. The molecule has 0 aliphatic carbocycles. The second-order valence-electron chi connectivity index (χ2n) is 6.97. The fraction of sp³-hybridized carbons (Fsp3) is 0.667. The summed E-state index contributed by atoms with van der Waals surface area (Å²) in [7, 11) is 0. The molecule has 4 heteroatoms. The van der Waals surface area contributed by atoms with Crippen LogP contribution in [-0.4, -0.2) is 18.1 Å². The molecule has 1 heterocycles. The second-order valence-corrected chi connectivity index (χ2v) is 6.97. The van der Waals surface area contributed by atoms with Gasteiger partial charge in [0.2, 0.25) is 0 Å². The van der Waals surface area contributed by atoms with Crippen molar-refractivity contribution in [2.24, 2.45) is 5.73 Å². The van der Waals surface area contributed by atoms with Gasteiger partial charge in [-0.2, -0.15) is 4.98 Å². The number of fused-ring (bicyclic) bond motifs is 1. The highest BCUT2D eigenvalue weighted by atomic mass is 16.4. The summed E-state index contributed by atoms with van der Waals surface area (Å²) < 4.78 is 5.65. The molecule has 1 aromatic heterocycles. The molecule has 0 aliphatic rings. The lowest BCUT2D eigenvalue weighted by atomic mass is 10.0. The number of unbranched alkanes of at least 4 members (excludes halogenated alkanes) is 9. The quantitative estimate of drug-likeness (QED) is 0.433. The SMILES string of the molecule is CCCCCCCCCCCCc1ccc2oc(NCCN)nc2c1. The maximum Gasteiger partial charge on any atom is 0.295 e. The Hall–Kier alpha value is -1.55. The van der Waals surface area contributed by atoms with Gasteiger partial charge in [0, 0.05) is 13.1 Å². The van der Waals surface area contributed by atoms with Crippen molar-refractivity contribution in [3.63, 3.8) is 0 Å². The van der Waals surface area contributed by atoms with E-state index < -0.39 is 0 Å². The van der Waals surface area contributed by atoms with Crippen molar-refractivity contribution in [2.75, 3.05) is 18.4 Å². The summed E-state index contributed by atoms with van der Waals surface area (Å²) in [5.74, 6) is 0. The molecule has 0 aliphatic heterocycles. The third-order valence-corrected chi connectivity index (χ3v) is 4.69. The number of aromatic nitrogens is 1. The van der Waals surface area contributed by atoms with Crippen molar-refractivity contribution in [1.29, 1.82) is 0 Å². The number of nitrogens with zero attached hydrogens (tertiary/aromatic N) is 1. The van der Waals surface area contributed by atoms with Crippen LogP contribution in [0.3, 0.4) is 0 Å². The van der Waals surface area contributed by atoms with E-state index in [1.807, 2.05) is 6.07 Å². The summed E-state index contributed by atoms with van der Waals surface area (Å²) in [4.78, 5) is 4.48. The lowest BCUT2D eigenvalue weighted by Crippen LogP contribution is -2.13. The van der Waals surface area contributed by atoms with E-state index in [-0.39, 0.29) is 0 Å². The highest BCUT2D eigenvalue weighted by Crippen LogP contribution is 2.21. The number of hydrogen-bond donors (Lipinski definition) is 2. The smallest absolute Gasteiger partial charge is 0.295 e. The highest BCUT2D eigenvalue weighted by Gasteiger charge is 2.05. The van der Waals surface area contributed by atoms with Crippen LogP contribution >= 0.6 is 0 Å². The average Bonchev–Trinajstić information content (AvgIpc) is 3.03. The van der Waals surface area contributed by atoms with Gasteiger partial charge in [-0.25, -0.2) is 0 Å². The van der Waals surface area contributed by atoms with E-state index in [1.54, 1.807) is 0 Å². The molecule has 2 rings (SSSR count). The van der Waals surface area contributed by atoms with Gasteiger partial charge in [0.1, 0.15) is 5.52 Å². The zero-order chi connectivity index (χ0) is 17.7. The van der Waals surface area contributed by atoms with E-state index >= 15 is 0 Å². The van der Waals surface area contributed by atoms with Crippen LogP contribution in [0.25, 0.3) is 11.1 Å². The summed E-state index contributed by atoms with van der Waals surface area (Å²) in [6.45, 7) is 3.53. The Kier molecular flexibility index (Phi) is 9.42. The van der Waals surface area contributed by atoms with Gasteiger partial charge in [-0.3, -0.25) is 0 Å². The number of nitrogens with one attached hydrogen (secondary N) is 1. The predicted octanol–water partition coefficient (Wildman–Crippen LogP) is 5.66. The fourth-order valence-electron chi connectivity index (χ4n) is 3.20. The van der Waals surface area contributed by atoms with Gasteiger partial charge < -0.3 is 15.5 Å². The zero-order valence-corrected chi connectivity index (χ0v) is 15.9. The Balaban J connectivity index is 1.61. The van der Waals surface area contributed by atoms with Crippen LogP contribution in [0.15, 0.2) is 22.6 Å². The first kappa shape index (κ1) is 19.8. The molecule has 0 saturated carbocycles. The molecular weight excluding hydrogens is 310 g/mol. The van der Waals surface area contributed by atoms with Crippen LogP contribution in [0.5, 0.6) is 0 Å². The highest BCUT2D eigenvalue weighted by molar-refractivity contribution is 5.75. The molecule has 0 radical (unpaired) electrons. The molecule has 2 aromatic rings. The monoisotopic (exact) mass is 345 g/mol. The fourth-order valence-corrected chi connectivity index (χ4v) is 3.20. The first-order valence-corrected chi connectivity index (χ1v) is 10.2. The van der Waals surface area contributed by atoms with Gasteiger partial charge in [-0.15, -0.1) is 0 Å². The first-order valence-electron chi connectivity index (χ1n) is 10.2. The van der Waals surface area contributed by atoms with Gasteiger partial charge >= 0.3 is 0 Å². The van der Waals surface area contributed by atoms with Gasteiger partial charge in [0.25, 0.3) is 6.01 Å². The number of oxazole rings is 1. The third-order valence-electron chi connectivity index (χ3n) is 4.69. The maximum atomic E-state index is 5.65. The Bertz CT molecular complexity index is 594. The van der Waals surface area contributed by atoms with Crippen LogP contribution in [-0.2, 0) is 6.42 Å². The number of anilines is 1. The summed E-state index contributed by atoms with van der Waals surface area (Å²) in [6.07, 6.45) is 14.9. The van der Waals surface area contributed by atoms with Crippen molar-refractivity contribution in [3.8, 4) is 0 Å². The normalized spacial score (nSPS) is 11.3. The number of aryl methyl sites for hydroxylation is 1. The molecule has 25 heavy (non-hydrogen) atoms. The van der Waals surface area contributed by atoms with Crippen molar-refractivity contribution in [3.05, 3.63) is 23.8 Å². The van der Waals surface area contributed by atoms with E-state index in [9.17, 15) is 0 Å². The van der Waals surface area contributed by atoms with Crippen LogP contribution < -0.4 is 11.1 Å². The Morgan fingerprint density at radius 1 is 0.960 bits per heavy atom. The summed E-state index contributed by atoms with van der Waals surface area (Å²) in [5.41, 5.74) is 8.61. The summed E-state index contributed by atoms with van der Waals surface area (Å²) in [6, 6.07) is 6.91. The largest absolute Gasteiger partial charge is 0.424 e. The molecule has 0 fully saturated rings. The molecule has 0 atom stereocenters. The van der Waals surface area contributed by atoms with Gasteiger partial charge in [-0.1, -0.05) is 70.8 Å². The van der Waals surface area contributed by atoms with Crippen molar-refractivity contribution >= 4 is 17.1 Å². The molecule has 0 bridgehead atoms. The van der Waals surface area contributed by atoms with E-state index in [4.69, 9.17) is 10.2 Å². The summed E-state index contributed by atoms with van der Waals surface area (Å²) in [5, 5.41) is 3.09. The molecule has 0 saturated heterocycles. The second kappa shape index (κ2) is 11.9. The molecule has 140 valence electrons. The van der Waals surface area contributed by atoms with Gasteiger partial charge in [0.15, 0.2) is 5.58 Å². The van der Waals surface area contributed by atoms with E-state index in [0.717, 1.165) is 17.5 Å². The Labute approximate surface area is 152 Å². The van der Waals surface area contributed by atoms with Crippen molar-refractivity contribution in [2.45, 2.75) is 77.6 Å². The Morgan fingerprint density at radius 2 is 1.64 bits per heavy atom. The average molecular weight is 346 g/mol. The van der Waals surface area contributed by atoms with E-state index in [1.165, 1.54) is 69.8 Å². The lowest BCUT2D eigenvalue weighted by Gasteiger charge is -2.03. The van der Waals surface area contributed by atoms with Crippen molar-refractivity contribution in [1.82, 2.24) is 4.98 Å². The number of benzene rings is 1. The molecule has 3 N–H and O–H groups in total. The molecule has 0 amide bonds. The summed E-state index contributed by atoms with van der Waals surface area (Å²) >= 11 is 0. The predicted molar refractivity (Wildman–Crippen MR) is 107 cm³/mol. The van der Waals surface area contributed by atoms with Crippen LogP contribution in [0.1, 0.15) is 76.7 Å².